The lowest BCUT2D eigenvalue weighted by atomic mass is 9.86. The molecule has 1 saturated heterocycles. The van der Waals surface area contributed by atoms with Gasteiger partial charge in [-0.05, 0) is 43.9 Å². The minimum Gasteiger partial charge on any atom is -0.328 e. The summed E-state index contributed by atoms with van der Waals surface area (Å²) >= 11 is 2.12. The predicted molar refractivity (Wildman–Crippen MR) is 68.3 cm³/mol. The van der Waals surface area contributed by atoms with Crippen LogP contribution in [0.4, 0.5) is 0 Å². The predicted octanol–water partition coefficient (Wildman–Crippen LogP) is 1.94. The van der Waals surface area contributed by atoms with Crippen LogP contribution in [0.1, 0.15) is 32.1 Å². The molecule has 2 unspecified atom stereocenters. The quantitative estimate of drug-likeness (QED) is 0.783. The van der Waals surface area contributed by atoms with Gasteiger partial charge >= 0.3 is 0 Å². The summed E-state index contributed by atoms with van der Waals surface area (Å²) in [6.07, 6.45) is 6.67. The third-order valence-corrected chi connectivity index (χ3v) is 4.70. The molecule has 1 aliphatic heterocycles. The Bertz CT molecular complexity index is 178. The van der Waals surface area contributed by atoms with Gasteiger partial charge in [-0.2, -0.15) is 11.8 Å². The van der Waals surface area contributed by atoms with Crippen LogP contribution in [0.15, 0.2) is 0 Å². The summed E-state index contributed by atoms with van der Waals surface area (Å²) in [7, 11) is 0. The van der Waals surface area contributed by atoms with Gasteiger partial charge < -0.3 is 10.6 Å². The van der Waals surface area contributed by atoms with Crippen molar-refractivity contribution in [3.63, 3.8) is 0 Å². The van der Waals surface area contributed by atoms with Gasteiger partial charge in [0.1, 0.15) is 0 Å². The van der Waals surface area contributed by atoms with E-state index in [1.807, 2.05) is 0 Å². The van der Waals surface area contributed by atoms with E-state index in [4.69, 9.17) is 5.73 Å². The molecule has 1 aliphatic carbocycles. The van der Waals surface area contributed by atoms with E-state index >= 15 is 0 Å². The van der Waals surface area contributed by atoms with Gasteiger partial charge in [-0.15, -0.1) is 0 Å². The van der Waals surface area contributed by atoms with Crippen molar-refractivity contribution in [2.24, 2.45) is 11.7 Å². The van der Waals surface area contributed by atoms with Crippen LogP contribution in [0.5, 0.6) is 0 Å². The fourth-order valence-electron chi connectivity index (χ4n) is 2.84. The highest BCUT2D eigenvalue weighted by Gasteiger charge is 2.21. The van der Waals surface area contributed by atoms with Crippen LogP contribution in [-0.2, 0) is 0 Å². The molecule has 2 N–H and O–H groups in total. The molecule has 0 amide bonds. The molecule has 0 radical (unpaired) electrons. The van der Waals surface area contributed by atoms with Gasteiger partial charge in [0.05, 0.1) is 0 Å². The SMILES string of the molecule is NC1CCCC(CN2CCCSCC2)C1. The maximum atomic E-state index is 6.04. The van der Waals surface area contributed by atoms with Crippen LogP contribution in [0.25, 0.3) is 0 Å². The van der Waals surface area contributed by atoms with Gasteiger partial charge in [-0.3, -0.25) is 0 Å². The zero-order valence-corrected chi connectivity index (χ0v) is 10.5. The number of rotatable bonds is 2. The maximum absolute atomic E-state index is 6.04. The molecule has 15 heavy (non-hydrogen) atoms. The first-order chi connectivity index (χ1) is 7.34. The first-order valence-electron chi connectivity index (χ1n) is 6.40. The van der Waals surface area contributed by atoms with Crippen LogP contribution in [0, 0.1) is 5.92 Å². The summed E-state index contributed by atoms with van der Waals surface area (Å²) < 4.78 is 0. The third kappa shape index (κ3) is 3.97. The topological polar surface area (TPSA) is 29.3 Å². The van der Waals surface area contributed by atoms with Gasteiger partial charge in [0, 0.05) is 24.9 Å². The molecule has 2 fully saturated rings. The average molecular weight is 228 g/mol. The number of nitrogens with two attached hydrogens (primary N) is 1. The normalized spacial score (nSPS) is 35.0. The smallest absolute Gasteiger partial charge is 0.00725 e. The van der Waals surface area contributed by atoms with Crippen molar-refractivity contribution < 1.29 is 0 Å². The first kappa shape index (κ1) is 11.7. The van der Waals surface area contributed by atoms with Crippen LogP contribution in [0.3, 0.4) is 0 Å². The molecule has 0 bridgehead atoms. The molecular formula is C12H24N2S. The van der Waals surface area contributed by atoms with Crippen molar-refractivity contribution in [2.45, 2.75) is 38.1 Å². The minimum atomic E-state index is 0.491. The van der Waals surface area contributed by atoms with Gasteiger partial charge in [-0.1, -0.05) is 6.42 Å². The first-order valence-corrected chi connectivity index (χ1v) is 7.56. The van der Waals surface area contributed by atoms with Crippen LogP contribution < -0.4 is 5.73 Å². The summed E-state index contributed by atoms with van der Waals surface area (Å²) in [6.45, 7) is 3.93. The molecule has 2 nitrogen and oxygen atoms in total. The largest absolute Gasteiger partial charge is 0.328 e. The number of hydrogen-bond acceptors (Lipinski definition) is 3. The lowest BCUT2D eigenvalue weighted by molar-refractivity contribution is 0.203. The standard InChI is InChI=1S/C12H24N2S/c13-12-4-1-3-11(9-12)10-14-5-2-7-15-8-6-14/h11-12H,1-10,13H2. The van der Waals surface area contributed by atoms with Gasteiger partial charge in [0.15, 0.2) is 0 Å². The van der Waals surface area contributed by atoms with Gasteiger partial charge in [-0.25, -0.2) is 0 Å². The van der Waals surface area contributed by atoms with Crippen LogP contribution in [0.2, 0.25) is 0 Å². The average Bonchev–Trinajstić information content (AvgIpc) is 2.46. The van der Waals surface area contributed by atoms with E-state index in [9.17, 15) is 0 Å². The number of hydrogen-bond donors (Lipinski definition) is 1. The molecular weight excluding hydrogens is 204 g/mol. The number of nitrogens with zero attached hydrogens (tertiary/aromatic N) is 1. The molecule has 0 aromatic carbocycles. The Kier molecular flexibility index (Phi) is 4.79. The molecule has 0 aromatic rings. The second-order valence-corrected chi connectivity index (χ2v) is 6.28. The molecule has 0 spiro atoms. The highest BCUT2D eigenvalue weighted by atomic mass is 32.2. The Morgan fingerprint density at radius 3 is 2.93 bits per heavy atom. The molecule has 88 valence electrons. The molecule has 1 saturated carbocycles. The van der Waals surface area contributed by atoms with Crippen molar-refractivity contribution in [3.05, 3.63) is 0 Å². The van der Waals surface area contributed by atoms with Crippen molar-refractivity contribution in [3.8, 4) is 0 Å². The van der Waals surface area contributed by atoms with Crippen molar-refractivity contribution in [2.75, 3.05) is 31.1 Å². The Morgan fingerprint density at radius 1 is 1.13 bits per heavy atom. The monoisotopic (exact) mass is 228 g/mol. The van der Waals surface area contributed by atoms with Crippen molar-refractivity contribution >= 4 is 11.8 Å². The van der Waals surface area contributed by atoms with E-state index in [0.29, 0.717) is 6.04 Å². The van der Waals surface area contributed by atoms with E-state index in [0.717, 1.165) is 5.92 Å². The van der Waals surface area contributed by atoms with E-state index in [-0.39, 0.29) is 0 Å². The zero-order valence-electron chi connectivity index (χ0n) is 9.66. The fourth-order valence-corrected chi connectivity index (χ4v) is 3.77. The second kappa shape index (κ2) is 6.12. The van der Waals surface area contributed by atoms with E-state index in [1.165, 1.54) is 63.2 Å². The highest BCUT2D eigenvalue weighted by molar-refractivity contribution is 7.99. The summed E-state index contributed by atoms with van der Waals surface area (Å²) in [5.41, 5.74) is 6.04. The summed E-state index contributed by atoms with van der Waals surface area (Å²) in [6, 6.07) is 0.491. The summed E-state index contributed by atoms with van der Waals surface area (Å²) in [4.78, 5) is 2.67. The summed E-state index contributed by atoms with van der Waals surface area (Å²) in [5.74, 6) is 3.58. The zero-order chi connectivity index (χ0) is 10.5. The minimum absolute atomic E-state index is 0.491. The molecule has 1 heterocycles. The molecule has 3 heteroatoms. The third-order valence-electron chi connectivity index (χ3n) is 3.65. The number of thioether (sulfide) groups is 1. The lowest BCUT2D eigenvalue weighted by Gasteiger charge is -2.31. The van der Waals surface area contributed by atoms with E-state index in [1.54, 1.807) is 0 Å². The Morgan fingerprint density at radius 2 is 2.07 bits per heavy atom. The molecule has 2 aliphatic rings. The Hall–Kier alpha value is 0.270. The highest BCUT2D eigenvalue weighted by Crippen LogP contribution is 2.24. The van der Waals surface area contributed by atoms with E-state index < -0.39 is 0 Å². The molecule has 2 rings (SSSR count). The maximum Gasteiger partial charge on any atom is 0.00725 e. The van der Waals surface area contributed by atoms with Crippen LogP contribution >= 0.6 is 11.8 Å². The van der Waals surface area contributed by atoms with E-state index in [2.05, 4.69) is 16.7 Å². The van der Waals surface area contributed by atoms with Crippen molar-refractivity contribution in [1.29, 1.82) is 0 Å². The summed E-state index contributed by atoms with van der Waals surface area (Å²) in [5, 5.41) is 0. The van der Waals surface area contributed by atoms with Crippen LogP contribution in [-0.4, -0.2) is 42.1 Å². The van der Waals surface area contributed by atoms with Gasteiger partial charge in [0.2, 0.25) is 0 Å². The van der Waals surface area contributed by atoms with Crippen molar-refractivity contribution in [1.82, 2.24) is 4.90 Å². The Balaban J connectivity index is 1.74. The Labute approximate surface area is 98.0 Å². The van der Waals surface area contributed by atoms with Gasteiger partial charge in [0.25, 0.3) is 0 Å². The lowest BCUT2D eigenvalue weighted by Crippen LogP contribution is -2.36. The molecule has 2 atom stereocenters. The fraction of sp³-hybridized carbons (Fsp3) is 1.00. The second-order valence-electron chi connectivity index (χ2n) is 5.06. The molecule has 0 aromatic heterocycles.